The van der Waals surface area contributed by atoms with E-state index >= 15 is 0 Å². The molecule has 1 aliphatic carbocycles. The van der Waals surface area contributed by atoms with Gasteiger partial charge in [0.05, 0.1) is 32.2 Å². The Labute approximate surface area is 269 Å². The van der Waals surface area contributed by atoms with Crippen LogP contribution >= 0.6 is 11.6 Å². The summed E-state index contributed by atoms with van der Waals surface area (Å²) in [6.07, 6.45) is 6.61. The smallest absolute Gasteiger partial charge is 0.246 e. The number of carbonyl (C=O) groups excluding carboxylic acids is 3. The van der Waals surface area contributed by atoms with E-state index in [9.17, 15) is 14.4 Å². The third-order valence-corrected chi connectivity index (χ3v) is 10.9. The van der Waals surface area contributed by atoms with Crippen molar-refractivity contribution in [2.24, 2.45) is 23.7 Å². The highest BCUT2D eigenvalue weighted by atomic mass is 35.5. The first-order valence-electron chi connectivity index (χ1n) is 15.8. The van der Waals surface area contributed by atoms with Gasteiger partial charge >= 0.3 is 0 Å². The van der Waals surface area contributed by atoms with Gasteiger partial charge in [-0.2, -0.15) is 0 Å². The summed E-state index contributed by atoms with van der Waals surface area (Å²) in [4.78, 5) is 44.1. The zero-order valence-corrected chi connectivity index (χ0v) is 27.2. The fourth-order valence-corrected chi connectivity index (χ4v) is 7.92. The highest BCUT2D eigenvalue weighted by molar-refractivity contribution is 6.31. The summed E-state index contributed by atoms with van der Waals surface area (Å²) in [6.45, 7) is 6.56. The van der Waals surface area contributed by atoms with Crippen molar-refractivity contribution in [3.8, 4) is 11.5 Å². The molecule has 10 heteroatoms. The summed E-state index contributed by atoms with van der Waals surface area (Å²) in [5, 5.41) is 6.80. The quantitative estimate of drug-likeness (QED) is 0.378. The van der Waals surface area contributed by atoms with Gasteiger partial charge in [-0.05, 0) is 67.0 Å². The number of hydrogen-bond acceptors (Lipinski definition) is 6. The van der Waals surface area contributed by atoms with Gasteiger partial charge in [0.2, 0.25) is 17.7 Å². The first-order valence-corrected chi connectivity index (χ1v) is 16.2. The van der Waals surface area contributed by atoms with Crippen LogP contribution in [-0.4, -0.2) is 67.2 Å². The predicted molar refractivity (Wildman–Crippen MR) is 171 cm³/mol. The monoisotopic (exact) mass is 635 g/mol. The summed E-state index contributed by atoms with van der Waals surface area (Å²) in [6, 6.07) is 10.0. The summed E-state index contributed by atoms with van der Waals surface area (Å²) >= 11 is 6.32. The first-order chi connectivity index (χ1) is 21.6. The molecule has 4 aliphatic rings. The molecular formula is C35H42ClN3O6. The Balaban J connectivity index is 1.30. The zero-order chi connectivity index (χ0) is 32.0. The third-order valence-electron chi connectivity index (χ3n) is 10.5. The van der Waals surface area contributed by atoms with Crippen LogP contribution in [-0.2, 0) is 25.5 Å². The number of carbonyl (C=O) groups is 3. The fourth-order valence-electron chi connectivity index (χ4n) is 7.74. The molecule has 8 atom stereocenters. The van der Waals surface area contributed by atoms with Crippen molar-refractivity contribution in [3.63, 3.8) is 0 Å². The number of amides is 3. The lowest BCUT2D eigenvalue weighted by atomic mass is 9.73. The van der Waals surface area contributed by atoms with Crippen LogP contribution in [0, 0.1) is 30.6 Å². The van der Waals surface area contributed by atoms with E-state index in [1.165, 1.54) is 0 Å². The van der Waals surface area contributed by atoms with Gasteiger partial charge in [-0.15, -0.1) is 0 Å². The van der Waals surface area contributed by atoms with E-state index in [2.05, 4.69) is 24.5 Å². The Morgan fingerprint density at radius 3 is 2.58 bits per heavy atom. The lowest BCUT2D eigenvalue weighted by Gasteiger charge is -2.38. The van der Waals surface area contributed by atoms with Gasteiger partial charge in [0.25, 0.3) is 0 Å². The number of nitrogens with one attached hydrogen (secondary N) is 2. The second kappa shape index (κ2) is 12.3. The van der Waals surface area contributed by atoms with Crippen LogP contribution in [0.2, 0.25) is 5.02 Å². The Bertz CT molecular complexity index is 1530. The molecule has 3 fully saturated rings. The van der Waals surface area contributed by atoms with Crippen molar-refractivity contribution in [1.82, 2.24) is 10.2 Å². The average molecular weight is 636 g/mol. The first kappa shape index (κ1) is 31.4. The second-order valence-electron chi connectivity index (χ2n) is 13.0. The lowest BCUT2D eigenvalue weighted by molar-refractivity contribution is -0.141. The van der Waals surface area contributed by atoms with Gasteiger partial charge in [-0.25, -0.2) is 0 Å². The number of fused-ring (bicyclic) bond motifs is 1. The SMILES string of the molecule is COc1ccc(CCN2C(=O)[C@H]3[C@H](C(=O)Nc4ccc(C)c(Cl)c4)[C@H]4C=C[C@@]3(O4)[C@@H]2C(=O)N[C@@H]2CCC[C@H](C)[C@@H]2C)cc1OC. The number of likely N-dealkylation sites (tertiary alicyclic amines) is 1. The second-order valence-corrected chi connectivity index (χ2v) is 13.4. The molecule has 2 saturated heterocycles. The highest BCUT2D eigenvalue weighted by Gasteiger charge is 2.72. The molecule has 2 N–H and O–H groups in total. The van der Waals surface area contributed by atoms with Gasteiger partial charge in [-0.1, -0.05) is 62.6 Å². The predicted octanol–water partition coefficient (Wildman–Crippen LogP) is 4.94. The largest absolute Gasteiger partial charge is 0.493 e. The molecule has 240 valence electrons. The summed E-state index contributed by atoms with van der Waals surface area (Å²) in [7, 11) is 3.16. The molecule has 45 heavy (non-hydrogen) atoms. The van der Waals surface area contributed by atoms with Gasteiger partial charge in [0, 0.05) is 23.3 Å². The molecule has 3 heterocycles. The average Bonchev–Trinajstić information content (AvgIpc) is 3.67. The summed E-state index contributed by atoms with van der Waals surface area (Å²) < 4.78 is 17.4. The number of ether oxygens (including phenoxy) is 3. The molecule has 2 aromatic rings. The van der Waals surface area contributed by atoms with Crippen molar-refractivity contribution in [2.75, 3.05) is 26.1 Å². The Kier molecular flexibility index (Phi) is 8.61. The number of hydrogen-bond donors (Lipinski definition) is 2. The maximum absolute atomic E-state index is 14.4. The molecule has 2 aromatic carbocycles. The van der Waals surface area contributed by atoms with Crippen LogP contribution in [0.1, 0.15) is 44.2 Å². The molecule has 0 aromatic heterocycles. The molecule has 1 spiro atoms. The van der Waals surface area contributed by atoms with Gasteiger partial charge in [-0.3, -0.25) is 14.4 Å². The molecule has 9 nitrogen and oxygen atoms in total. The van der Waals surface area contributed by atoms with Crippen LogP contribution in [0.3, 0.4) is 0 Å². The van der Waals surface area contributed by atoms with Crippen LogP contribution in [0.5, 0.6) is 11.5 Å². The molecule has 1 saturated carbocycles. The zero-order valence-electron chi connectivity index (χ0n) is 26.5. The van der Waals surface area contributed by atoms with E-state index in [0.29, 0.717) is 40.5 Å². The summed E-state index contributed by atoms with van der Waals surface area (Å²) in [5.74, 6) is -0.455. The van der Waals surface area contributed by atoms with Crippen LogP contribution in [0.15, 0.2) is 48.6 Å². The minimum Gasteiger partial charge on any atom is -0.493 e. The standard InChI is InChI=1S/C35H42ClN3O6/c1-19-7-6-8-25(21(19)3)38-33(41)31-35-15-13-27(45-35)29(32(40)37-23-11-9-20(2)24(36)18-23)30(35)34(42)39(31)16-14-22-10-12-26(43-4)28(17-22)44-5/h9-13,15,17-19,21,25,27,29-31H,6-8,14,16H2,1-5H3,(H,37,40)(H,38,41)/t19-,21-,25+,27+,29+,30+,31-,35-/m0/s1. The Morgan fingerprint density at radius 1 is 1.07 bits per heavy atom. The number of benzene rings is 2. The summed E-state index contributed by atoms with van der Waals surface area (Å²) in [5.41, 5.74) is 1.13. The number of methoxy groups -OCH3 is 2. The number of aryl methyl sites for hydroxylation is 1. The molecular weight excluding hydrogens is 594 g/mol. The minimum atomic E-state index is -1.24. The molecule has 0 unspecified atom stereocenters. The van der Waals surface area contributed by atoms with E-state index < -0.39 is 29.6 Å². The molecule has 2 bridgehead atoms. The normalized spacial score (nSPS) is 31.6. The highest BCUT2D eigenvalue weighted by Crippen LogP contribution is 2.55. The topological polar surface area (TPSA) is 106 Å². The van der Waals surface area contributed by atoms with Crippen LogP contribution in [0.4, 0.5) is 5.69 Å². The number of rotatable bonds is 9. The fraction of sp³-hybridized carbons (Fsp3) is 0.514. The van der Waals surface area contributed by atoms with Crippen LogP contribution < -0.4 is 20.1 Å². The van der Waals surface area contributed by atoms with Gasteiger partial charge < -0.3 is 29.7 Å². The van der Waals surface area contributed by atoms with E-state index in [1.807, 2.05) is 43.3 Å². The van der Waals surface area contributed by atoms with Gasteiger partial charge in [0.15, 0.2) is 11.5 Å². The Hall–Kier alpha value is -3.56. The minimum absolute atomic E-state index is 0.00691. The van der Waals surface area contributed by atoms with Crippen molar-refractivity contribution in [2.45, 2.75) is 70.2 Å². The number of halogens is 1. The van der Waals surface area contributed by atoms with Crippen LogP contribution in [0.25, 0.3) is 0 Å². The van der Waals surface area contributed by atoms with Crippen molar-refractivity contribution >= 4 is 35.0 Å². The maximum Gasteiger partial charge on any atom is 0.246 e. The van der Waals surface area contributed by atoms with E-state index in [4.69, 9.17) is 25.8 Å². The van der Waals surface area contributed by atoms with Gasteiger partial charge in [0.1, 0.15) is 11.6 Å². The molecule has 3 amide bonds. The van der Waals surface area contributed by atoms with Crippen molar-refractivity contribution in [3.05, 3.63) is 64.7 Å². The molecule has 0 radical (unpaired) electrons. The van der Waals surface area contributed by atoms with E-state index in [1.54, 1.807) is 31.3 Å². The van der Waals surface area contributed by atoms with Crippen molar-refractivity contribution < 1.29 is 28.6 Å². The number of anilines is 1. The molecule has 3 aliphatic heterocycles. The van der Waals surface area contributed by atoms with E-state index in [0.717, 1.165) is 30.4 Å². The lowest BCUT2D eigenvalue weighted by Crippen LogP contribution is -2.58. The van der Waals surface area contributed by atoms with Crippen molar-refractivity contribution in [1.29, 1.82) is 0 Å². The number of nitrogens with zero attached hydrogens (tertiary/aromatic N) is 1. The molecule has 6 rings (SSSR count). The Morgan fingerprint density at radius 2 is 1.84 bits per heavy atom. The maximum atomic E-state index is 14.4. The third kappa shape index (κ3) is 5.48. The van der Waals surface area contributed by atoms with E-state index in [-0.39, 0.29) is 30.3 Å².